The standard InChI is InChI=1S/C30H28Cl2N4O6S2/c1-35(26-6-3-5-23(32)19-26)44(40,41)27-7-2-4-21(18-27)30(37)33-25-12-13-28(36-14-16-42-17-15-36)29(20-25)43(38,39)34-24-10-8-22(31)9-11-24/h2-13,18-20,34H,14-17H2,1H3,(H,33,37). The summed E-state index contributed by atoms with van der Waals surface area (Å²) in [5.41, 5.74) is 1.38. The van der Waals surface area contributed by atoms with Gasteiger partial charge in [-0.05, 0) is 78.9 Å². The van der Waals surface area contributed by atoms with Gasteiger partial charge in [0.05, 0.1) is 29.5 Å². The summed E-state index contributed by atoms with van der Waals surface area (Å²) in [5, 5.41) is 3.54. The Kier molecular flexibility index (Phi) is 9.37. The van der Waals surface area contributed by atoms with E-state index in [1.165, 1.54) is 43.4 Å². The van der Waals surface area contributed by atoms with Crippen molar-refractivity contribution >= 4 is 71.9 Å². The molecule has 2 N–H and O–H groups in total. The molecule has 0 spiro atoms. The first-order chi connectivity index (χ1) is 20.9. The number of amides is 1. The summed E-state index contributed by atoms with van der Waals surface area (Å²) in [6.07, 6.45) is 0. The molecule has 1 saturated heterocycles. The lowest BCUT2D eigenvalue weighted by Crippen LogP contribution is -2.37. The van der Waals surface area contributed by atoms with Gasteiger partial charge in [0.2, 0.25) is 0 Å². The van der Waals surface area contributed by atoms with Crippen LogP contribution in [0, 0.1) is 0 Å². The number of nitrogens with one attached hydrogen (secondary N) is 2. The fourth-order valence-electron chi connectivity index (χ4n) is 4.57. The molecule has 0 saturated carbocycles. The third-order valence-corrected chi connectivity index (χ3v) is 10.6. The highest BCUT2D eigenvalue weighted by atomic mass is 35.5. The zero-order chi connectivity index (χ0) is 31.5. The van der Waals surface area contributed by atoms with Crippen LogP contribution < -0.4 is 19.2 Å². The number of halogens is 2. The molecular formula is C30H28Cl2N4O6S2. The predicted molar refractivity (Wildman–Crippen MR) is 173 cm³/mol. The van der Waals surface area contributed by atoms with Crippen LogP contribution in [-0.4, -0.2) is 56.1 Å². The highest BCUT2D eigenvalue weighted by Gasteiger charge is 2.26. The van der Waals surface area contributed by atoms with Crippen molar-refractivity contribution in [2.75, 3.05) is 52.6 Å². The Morgan fingerprint density at radius 1 is 0.818 bits per heavy atom. The zero-order valence-electron chi connectivity index (χ0n) is 23.4. The Labute approximate surface area is 266 Å². The smallest absolute Gasteiger partial charge is 0.264 e. The Morgan fingerprint density at radius 2 is 1.50 bits per heavy atom. The van der Waals surface area contributed by atoms with E-state index in [0.717, 1.165) is 4.31 Å². The van der Waals surface area contributed by atoms with Gasteiger partial charge in [-0.15, -0.1) is 0 Å². The molecule has 1 fully saturated rings. The van der Waals surface area contributed by atoms with Crippen LogP contribution in [0.4, 0.5) is 22.7 Å². The number of anilines is 4. The summed E-state index contributed by atoms with van der Waals surface area (Å²) in [6, 6.07) is 22.8. The van der Waals surface area contributed by atoms with Gasteiger partial charge in [-0.25, -0.2) is 16.8 Å². The second-order valence-corrected chi connectivity index (χ2v) is 14.3. The molecule has 14 heteroatoms. The van der Waals surface area contributed by atoms with Gasteiger partial charge < -0.3 is 15.0 Å². The monoisotopic (exact) mass is 674 g/mol. The minimum atomic E-state index is -4.12. The Hall–Kier alpha value is -3.81. The normalized spacial score (nSPS) is 13.8. The van der Waals surface area contributed by atoms with Crippen molar-refractivity contribution in [3.05, 3.63) is 107 Å². The third-order valence-electron chi connectivity index (χ3n) is 6.88. The van der Waals surface area contributed by atoms with Gasteiger partial charge in [-0.1, -0.05) is 35.3 Å². The van der Waals surface area contributed by atoms with E-state index in [2.05, 4.69) is 10.0 Å². The Morgan fingerprint density at radius 3 is 2.20 bits per heavy atom. The van der Waals surface area contributed by atoms with E-state index in [9.17, 15) is 21.6 Å². The molecule has 1 aliphatic heterocycles. The molecule has 0 aromatic heterocycles. The molecule has 0 unspecified atom stereocenters. The van der Waals surface area contributed by atoms with Crippen LogP contribution >= 0.6 is 23.2 Å². The van der Waals surface area contributed by atoms with E-state index in [-0.39, 0.29) is 21.0 Å². The molecule has 1 aliphatic rings. The van der Waals surface area contributed by atoms with Gasteiger partial charge in [-0.3, -0.25) is 13.8 Å². The maximum absolute atomic E-state index is 13.6. The van der Waals surface area contributed by atoms with E-state index < -0.39 is 26.0 Å². The largest absolute Gasteiger partial charge is 0.378 e. The quantitative estimate of drug-likeness (QED) is 0.233. The van der Waals surface area contributed by atoms with Gasteiger partial charge in [0.1, 0.15) is 4.90 Å². The number of ether oxygens (including phenoxy) is 1. The average Bonchev–Trinajstić information content (AvgIpc) is 3.02. The number of benzene rings is 4. The fourth-order valence-corrected chi connectivity index (χ4v) is 7.43. The molecule has 0 atom stereocenters. The molecule has 0 radical (unpaired) electrons. The average molecular weight is 676 g/mol. The van der Waals surface area contributed by atoms with Crippen LogP contribution in [-0.2, 0) is 24.8 Å². The highest BCUT2D eigenvalue weighted by molar-refractivity contribution is 7.93. The van der Waals surface area contributed by atoms with Gasteiger partial charge in [-0.2, -0.15) is 0 Å². The maximum atomic E-state index is 13.6. The Bertz CT molecular complexity index is 1900. The molecule has 1 amide bonds. The first-order valence-electron chi connectivity index (χ1n) is 13.4. The van der Waals surface area contributed by atoms with Crippen molar-refractivity contribution in [2.24, 2.45) is 0 Å². The molecular weight excluding hydrogens is 647 g/mol. The summed E-state index contributed by atoms with van der Waals surface area (Å²) < 4.78 is 63.0. The van der Waals surface area contributed by atoms with E-state index >= 15 is 0 Å². The van der Waals surface area contributed by atoms with Gasteiger partial charge in [0.15, 0.2) is 0 Å². The summed E-state index contributed by atoms with van der Waals surface area (Å²) in [5.74, 6) is -0.624. The first-order valence-corrected chi connectivity index (χ1v) is 17.0. The summed E-state index contributed by atoms with van der Waals surface area (Å²) >= 11 is 12.0. The molecule has 0 bridgehead atoms. The number of carbonyl (C=O) groups is 1. The molecule has 4 aromatic rings. The molecule has 1 heterocycles. The summed E-state index contributed by atoms with van der Waals surface area (Å²) in [6.45, 7) is 1.85. The van der Waals surface area contributed by atoms with Crippen molar-refractivity contribution in [3.8, 4) is 0 Å². The molecule has 4 aromatic carbocycles. The van der Waals surface area contributed by atoms with Gasteiger partial charge in [0.25, 0.3) is 26.0 Å². The highest BCUT2D eigenvalue weighted by Crippen LogP contribution is 2.32. The fraction of sp³-hybridized carbons (Fsp3) is 0.167. The Balaban J connectivity index is 1.43. The SMILES string of the molecule is CN(c1cccc(Cl)c1)S(=O)(=O)c1cccc(C(=O)Nc2ccc(N3CCOCC3)c(S(=O)(=O)Nc3ccc(Cl)cc3)c2)c1. The lowest BCUT2D eigenvalue weighted by Gasteiger charge is -2.30. The maximum Gasteiger partial charge on any atom is 0.264 e. The van der Waals surface area contributed by atoms with E-state index in [0.29, 0.717) is 53.4 Å². The van der Waals surface area contributed by atoms with Crippen LogP contribution in [0.25, 0.3) is 0 Å². The molecule has 0 aliphatic carbocycles. The number of nitrogens with zero attached hydrogens (tertiary/aromatic N) is 2. The minimum Gasteiger partial charge on any atom is -0.378 e. The van der Waals surface area contributed by atoms with Gasteiger partial charge in [0, 0.05) is 47.1 Å². The second kappa shape index (κ2) is 13.0. The number of carbonyl (C=O) groups excluding carboxylic acids is 1. The second-order valence-electron chi connectivity index (χ2n) is 9.83. The summed E-state index contributed by atoms with van der Waals surface area (Å²) in [7, 11) is -6.75. The van der Waals surface area contributed by atoms with Crippen molar-refractivity contribution < 1.29 is 26.4 Å². The summed E-state index contributed by atoms with van der Waals surface area (Å²) in [4.78, 5) is 15.1. The number of sulfonamides is 2. The van der Waals surface area contributed by atoms with Crippen LogP contribution in [0.5, 0.6) is 0 Å². The molecule has 5 rings (SSSR count). The lowest BCUT2D eigenvalue weighted by atomic mass is 10.2. The van der Waals surface area contributed by atoms with Crippen molar-refractivity contribution in [1.29, 1.82) is 0 Å². The number of rotatable bonds is 9. The van der Waals surface area contributed by atoms with Crippen LogP contribution in [0.3, 0.4) is 0 Å². The van der Waals surface area contributed by atoms with E-state index in [1.807, 2.05) is 4.90 Å². The van der Waals surface area contributed by atoms with E-state index in [4.69, 9.17) is 27.9 Å². The zero-order valence-corrected chi connectivity index (χ0v) is 26.5. The molecule has 10 nitrogen and oxygen atoms in total. The van der Waals surface area contributed by atoms with Crippen molar-refractivity contribution in [1.82, 2.24) is 0 Å². The number of hydrogen-bond donors (Lipinski definition) is 2. The van der Waals surface area contributed by atoms with Crippen LogP contribution in [0.1, 0.15) is 10.4 Å². The number of morpholine rings is 1. The minimum absolute atomic E-state index is 0.0494. The molecule has 230 valence electrons. The van der Waals surface area contributed by atoms with Crippen molar-refractivity contribution in [2.45, 2.75) is 9.79 Å². The lowest BCUT2D eigenvalue weighted by molar-refractivity contribution is 0.102. The van der Waals surface area contributed by atoms with Gasteiger partial charge >= 0.3 is 0 Å². The van der Waals surface area contributed by atoms with Crippen LogP contribution in [0.15, 0.2) is 101 Å². The number of hydrogen-bond acceptors (Lipinski definition) is 7. The predicted octanol–water partition coefficient (Wildman–Crippen LogP) is 5.71. The first kappa shape index (κ1) is 31.6. The van der Waals surface area contributed by atoms with Crippen LogP contribution in [0.2, 0.25) is 10.0 Å². The topological polar surface area (TPSA) is 125 Å². The van der Waals surface area contributed by atoms with Crippen molar-refractivity contribution in [3.63, 3.8) is 0 Å². The third kappa shape index (κ3) is 7.11. The van der Waals surface area contributed by atoms with E-state index in [1.54, 1.807) is 54.6 Å². The molecule has 44 heavy (non-hydrogen) atoms.